The third kappa shape index (κ3) is 3.65. The Bertz CT molecular complexity index is 392. The van der Waals surface area contributed by atoms with Gasteiger partial charge < -0.3 is 10.8 Å². The van der Waals surface area contributed by atoms with Gasteiger partial charge in [-0.1, -0.05) is 30.3 Å². The van der Waals surface area contributed by atoms with E-state index in [1.165, 1.54) is 6.92 Å². The first-order chi connectivity index (χ1) is 8.06. The number of nitrogens with zero attached hydrogens (tertiary/aromatic N) is 1. The molecule has 0 aliphatic rings. The minimum Gasteiger partial charge on any atom is -0.394 e. The smallest absolute Gasteiger partial charge is 0.248 e. The van der Waals surface area contributed by atoms with Crippen LogP contribution in [0, 0.1) is 0 Å². The predicted molar refractivity (Wildman–Crippen MR) is 62.7 cm³/mol. The third-order valence-electron chi connectivity index (χ3n) is 2.34. The van der Waals surface area contributed by atoms with E-state index in [9.17, 15) is 9.59 Å². The molecule has 5 heteroatoms. The van der Waals surface area contributed by atoms with Crippen LogP contribution in [0.2, 0.25) is 0 Å². The maximum atomic E-state index is 11.7. The molecular weight excluding hydrogens is 220 g/mol. The molecule has 0 saturated heterocycles. The average molecular weight is 236 g/mol. The molecule has 1 atom stereocenters. The molecule has 0 bridgehead atoms. The second-order valence-electron chi connectivity index (χ2n) is 3.72. The van der Waals surface area contributed by atoms with Crippen LogP contribution < -0.4 is 5.73 Å². The van der Waals surface area contributed by atoms with Crippen LogP contribution in [-0.4, -0.2) is 34.5 Å². The van der Waals surface area contributed by atoms with Crippen molar-refractivity contribution in [3.63, 3.8) is 0 Å². The first kappa shape index (κ1) is 13.3. The van der Waals surface area contributed by atoms with Crippen LogP contribution in [0.4, 0.5) is 0 Å². The highest BCUT2D eigenvalue weighted by molar-refractivity contribution is 5.96. The van der Waals surface area contributed by atoms with Gasteiger partial charge in [0, 0.05) is 6.92 Å². The quantitative estimate of drug-likeness (QED) is 0.763. The molecule has 17 heavy (non-hydrogen) atoms. The molecule has 92 valence electrons. The van der Waals surface area contributed by atoms with Crippen molar-refractivity contribution in [3.05, 3.63) is 35.9 Å². The molecule has 1 aromatic rings. The fourth-order valence-electron chi connectivity index (χ4n) is 1.39. The standard InChI is InChI=1S/C12H16N2O3/c1-9(16)14(12(17)11(13)8-15)7-10-5-3-2-4-6-10/h2-6,11,15H,7-8,13H2,1H3/t11-/m1/s1. The Morgan fingerprint density at radius 3 is 2.41 bits per heavy atom. The molecule has 1 rings (SSSR count). The largest absolute Gasteiger partial charge is 0.394 e. The van der Waals surface area contributed by atoms with E-state index in [1.807, 2.05) is 30.3 Å². The van der Waals surface area contributed by atoms with Gasteiger partial charge in [-0.25, -0.2) is 0 Å². The normalized spacial score (nSPS) is 11.9. The summed E-state index contributed by atoms with van der Waals surface area (Å²) < 4.78 is 0. The van der Waals surface area contributed by atoms with Gasteiger partial charge in [0.15, 0.2) is 0 Å². The Kier molecular flexibility index (Phi) is 4.81. The number of aliphatic hydroxyl groups excluding tert-OH is 1. The molecule has 0 aliphatic carbocycles. The van der Waals surface area contributed by atoms with Crippen LogP contribution in [-0.2, 0) is 16.1 Å². The van der Waals surface area contributed by atoms with Gasteiger partial charge >= 0.3 is 0 Å². The van der Waals surface area contributed by atoms with Crippen molar-refractivity contribution in [2.75, 3.05) is 6.61 Å². The van der Waals surface area contributed by atoms with Crippen molar-refractivity contribution in [2.45, 2.75) is 19.5 Å². The monoisotopic (exact) mass is 236 g/mol. The Hall–Kier alpha value is -1.72. The average Bonchev–Trinajstić information content (AvgIpc) is 2.35. The van der Waals surface area contributed by atoms with E-state index < -0.39 is 18.6 Å². The second kappa shape index (κ2) is 6.12. The van der Waals surface area contributed by atoms with Crippen molar-refractivity contribution in [1.82, 2.24) is 4.90 Å². The van der Waals surface area contributed by atoms with Gasteiger partial charge in [-0.2, -0.15) is 0 Å². The number of amides is 2. The lowest BCUT2D eigenvalue weighted by Crippen LogP contribution is -2.47. The van der Waals surface area contributed by atoms with Crippen LogP contribution in [0.3, 0.4) is 0 Å². The summed E-state index contributed by atoms with van der Waals surface area (Å²) in [4.78, 5) is 24.2. The molecule has 2 amide bonds. The van der Waals surface area contributed by atoms with Crippen LogP contribution in [0.15, 0.2) is 30.3 Å². The van der Waals surface area contributed by atoms with E-state index >= 15 is 0 Å². The van der Waals surface area contributed by atoms with Crippen molar-refractivity contribution < 1.29 is 14.7 Å². The van der Waals surface area contributed by atoms with E-state index in [1.54, 1.807) is 0 Å². The summed E-state index contributed by atoms with van der Waals surface area (Å²) in [5.74, 6) is -0.952. The highest BCUT2D eigenvalue weighted by Crippen LogP contribution is 2.06. The van der Waals surface area contributed by atoms with Crippen molar-refractivity contribution in [3.8, 4) is 0 Å². The molecule has 0 spiro atoms. The molecule has 0 saturated carbocycles. The predicted octanol–water partition coefficient (Wildman–Crippen LogP) is -0.119. The number of benzene rings is 1. The van der Waals surface area contributed by atoms with E-state index in [0.717, 1.165) is 10.5 Å². The van der Waals surface area contributed by atoms with Gasteiger partial charge in [0.2, 0.25) is 11.8 Å². The first-order valence-electron chi connectivity index (χ1n) is 5.28. The number of carbonyl (C=O) groups excluding carboxylic acids is 2. The molecule has 5 nitrogen and oxygen atoms in total. The zero-order valence-corrected chi connectivity index (χ0v) is 9.67. The lowest BCUT2D eigenvalue weighted by molar-refractivity contribution is -0.145. The van der Waals surface area contributed by atoms with E-state index in [0.29, 0.717) is 0 Å². The molecule has 0 radical (unpaired) electrons. The number of hydrogen-bond acceptors (Lipinski definition) is 4. The summed E-state index contributed by atoms with van der Waals surface area (Å²) in [6, 6.07) is 8.07. The van der Waals surface area contributed by atoms with Gasteiger partial charge in [-0.15, -0.1) is 0 Å². The van der Waals surface area contributed by atoms with Gasteiger partial charge in [-0.3, -0.25) is 14.5 Å². The van der Waals surface area contributed by atoms with Crippen molar-refractivity contribution in [2.24, 2.45) is 5.73 Å². The number of rotatable bonds is 4. The molecule has 1 aromatic carbocycles. The summed E-state index contributed by atoms with van der Waals surface area (Å²) in [5.41, 5.74) is 6.25. The number of imide groups is 1. The molecule has 0 fully saturated rings. The molecule has 0 aromatic heterocycles. The SMILES string of the molecule is CC(=O)N(Cc1ccccc1)C(=O)[C@H](N)CO. The zero-order chi connectivity index (χ0) is 12.8. The van der Waals surface area contributed by atoms with Crippen LogP contribution >= 0.6 is 0 Å². The van der Waals surface area contributed by atoms with Crippen LogP contribution in [0.1, 0.15) is 12.5 Å². The first-order valence-corrected chi connectivity index (χ1v) is 5.28. The molecule has 0 unspecified atom stereocenters. The molecule has 3 N–H and O–H groups in total. The van der Waals surface area contributed by atoms with Gasteiger partial charge in [0.1, 0.15) is 6.04 Å². The Balaban J connectivity index is 2.81. The fraction of sp³-hybridized carbons (Fsp3) is 0.333. The van der Waals surface area contributed by atoms with E-state index in [2.05, 4.69) is 0 Å². The van der Waals surface area contributed by atoms with Gasteiger partial charge in [0.05, 0.1) is 13.2 Å². The number of hydrogen-bond donors (Lipinski definition) is 2. The summed E-state index contributed by atoms with van der Waals surface area (Å²) >= 11 is 0. The molecule has 0 aliphatic heterocycles. The van der Waals surface area contributed by atoms with Gasteiger partial charge in [0.25, 0.3) is 0 Å². The number of nitrogens with two attached hydrogens (primary N) is 1. The molecular formula is C12H16N2O3. The molecule has 0 heterocycles. The fourth-order valence-corrected chi connectivity index (χ4v) is 1.39. The maximum absolute atomic E-state index is 11.7. The Labute approximate surface area is 99.8 Å². The van der Waals surface area contributed by atoms with E-state index in [4.69, 9.17) is 10.8 Å². The number of aliphatic hydroxyl groups is 1. The summed E-state index contributed by atoms with van der Waals surface area (Å²) in [7, 11) is 0. The van der Waals surface area contributed by atoms with Crippen molar-refractivity contribution >= 4 is 11.8 Å². The minimum absolute atomic E-state index is 0.169. The third-order valence-corrected chi connectivity index (χ3v) is 2.34. The summed E-state index contributed by atoms with van der Waals surface area (Å²) in [6.07, 6.45) is 0. The Morgan fingerprint density at radius 1 is 1.35 bits per heavy atom. The van der Waals surface area contributed by atoms with E-state index in [-0.39, 0.29) is 12.5 Å². The minimum atomic E-state index is -1.05. The van der Waals surface area contributed by atoms with Crippen LogP contribution in [0.25, 0.3) is 0 Å². The summed E-state index contributed by atoms with van der Waals surface area (Å²) in [6.45, 7) is 0.991. The summed E-state index contributed by atoms with van der Waals surface area (Å²) in [5, 5.41) is 8.82. The highest BCUT2D eigenvalue weighted by Gasteiger charge is 2.23. The lowest BCUT2D eigenvalue weighted by atomic mass is 10.2. The lowest BCUT2D eigenvalue weighted by Gasteiger charge is -2.21. The zero-order valence-electron chi connectivity index (χ0n) is 9.67. The highest BCUT2D eigenvalue weighted by atomic mass is 16.3. The number of carbonyl (C=O) groups is 2. The van der Waals surface area contributed by atoms with Crippen LogP contribution in [0.5, 0.6) is 0 Å². The second-order valence-corrected chi connectivity index (χ2v) is 3.72. The Morgan fingerprint density at radius 2 is 1.94 bits per heavy atom. The maximum Gasteiger partial charge on any atom is 0.248 e. The topological polar surface area (TPSA) is 83.6 Å². The van der Waals surface area contributed by atoms with Gasteiger partial charge in [-0.05, 0) is 5.56 Å². The van der Waals surface area contributed by atoms with Crippen molar-refractivity contribution in [1.29, 1.82) is 0 Å².